The van der Waals surface area contributed by atoms with Gasteiger partial charge in [0.2, 0.25) is 0 Å². The van der Waals surface area contributed by atoms with Crippen molar-refractivity contribution in [3.8, 4) is 0 Å². The third-order valence-electron chi connectivity index (χ3n) is 3.33. The second-order valence-electron chi connectivity index (χ2n) is 5.41. The van der Waals surface area contributed by atoms with E-state index in [0.29, 0.717) is 51.6 Å². The number of esters is 3. The normalized spacial score (nSPS) is 13.0. The van der Waals surface area contributed by atoms with E-state index in [1.54, 1.807) is 20.8 Å². The van der Waals surface area contributed by atoms with Crippen molar-refractivity contribution in [2.75, 3.05) is 6.61 Å². The van der Waals surface area contributed by atoms with Crippen molar-refractivity contribution in [3.63, 3.8) is 0 Å². The molecule has 0 unspecified atom stereocenters. The van der Waals surface area contributed by atoms with Crippen LogP contribution in [0.5, 0.6) is 0 Å². The fourth-order valence-corrected chi connectivity index (χ4v) is 1.92. The molecule has 0 radical (unpaired) electrons. The lowest BCUT2D eigenvalue weighted by Gasteiger charge is -2.20. The highest BCUT2D eigenvalue weighted by Crippen LogP contribution is 2.14. The molecule has 0 N–H and O–H groups in total. The lowest BCUT2D eigenvalue weighted by molar-refractivity contribution is -0.153. The van der Waals surface area contributed by atoms with Gasteiger partial charge in [-0.25, -0.2) is 0 Å². The minimum absolute atomic E-state index is 0.205. The molecule has 23 heavy (non-hydrogen) atoms. The summed E-state index contributed by atoms with van der Waals surface area (Å²) in [6.45, 7) is 7.39. The van der Waals surface area contributed by atoms with E-state index in [0.717, 1.165) is 0 Å². The molecule has 0 saturated heterocycles. The van der Waals surface area contributed by atoms with E-state index in [2.05, 4.69) is 0 Å². The molecule has 0 aliphatic carbocycles. The molecule has 0 aromatic heterocycles. The predicted octanol–water partition coefficient (Wildman–Crippen LogP) is 3.16. The van der Waals surface area contributed by atoms with Crippen LogP contribution in [0.25, 0.3) is 0 Å². The van der Waals surface area contributed by atoms with Crippen LogP contribution in [0.15, 0.2) is 0 Å². The molecular weight excluding hydrogens is 300 g/mol. The van der Waals surface area contributed by atoms with Gasteiger partial charge in [-0.1, -0.05) is 20.8 Å². The zero-order chi connectivity index (χ0) is 17.7. The molecule has 0 spiro atoms. The third kappa shape index (κ3) is 11.6. The van der Waals surface area contributed by atoms with Crippen molar-refractivity contribution < 1.29 is 28.6 Å². The molecule has 0 aliphatic heterocycles. The van der Waals surface area contributed by atoms with Crippen LogP contribution in [-0.2, 0) is 28.6 Å². The Kier molecular flexibility index (Phi) is 12.0. The average Bonchev–Trinajstić information content (AvgIpc) is 2.55. The second-order valence-corrected chi connectivity index (χ2v) is 5.41. The van der Waals surface area contributed by atoms with E-state index in [1.807, 2.05) is 6.92 Å². The van der Waals surface area contributed by atoms with Gasteiger partial charge in [-0.05, 0) is 32.6 Å². The van der Waals surface area contributed by atoms with Crippen molar-refractivity contribution in [2.45, 2.75) is 84.8 Å². The first kappa shape index (κ1) is 21.4. The summed E-state index contributed by atoms with van der Waals surface area (Å²) < 4.78 is 15.6. The first-order valence-corrected chi connectivity index (χ1v) is 8.47. The number of ether oxygens (including phenoxy) is 3. The van der Waals surface area contributed by atoms with E-state index < -0.39 is 0 Å². The quantitative estimate of drug-likeness (QED) is 0.311. The van der Waals surface area contributed by atoms with Crippen molar-refractivity contribution in [1.82, 2.24) is 0 Å². The zero-order valence-corrected chi connectivity index (χ0v) is 14.8. The Balaban J connectivity index is 4.20. The third-order valence-corrected chi connectivity index (χ3v) is 3.33. The smallest absolute Gasteiger partial charge is 0.305 e. The Morgan fingerprint density at radius 2 is 1.35 bits per heavy atom. The molecule has 0 amide bonds. The molecule has 0 aromatic rings. The highest BCUT2D eigenvalue weighted by molar-refractivity contribution is 5.69. The topological polar surface area (TPSA) is 78.9 Å². The van der Waals surface area contributed by atoms with Crippen molar-refractivity contribution in [2.24, 2.45) is 0 Å². The summed E-state index contributed by atoms with van der Waals surface area (Å²) in [4.78, 5) is 33.8. The summed E-state index contributed by atoms with van der Waals surface area (Å²) in [6, 6.07) is 0. The summed E-state index contributed by atoms with van der Waals surface area (Å²) in [7, 11) is 0. The van der Waals surface area contributed by atoms with Crippen LogP contribution in [0, 0.1) is 0 Å². The molecular formula is C17H30O6. The molecule has 134 valence electrons. The second kappa shape index (κ2) is 12.9. The maximum atomic E-state index is 11.5. The van der Waals surface area contributed by atoms with Crippen LogP contribution < -0.4 is 0 Å². The van der Waals surface area contributed by atoms with Gasteiger partial charge in [-0.2, -0.15) is 0 Å². The fourth-order valence-electron chi connectivity index (χ4n) is 1.92. The van der Waals surface area contributed by atoms with Gasteiger partial charge in [0.1, 0.15) is 6.10 Å². The van der Waals surface area contributed by atoms with Crippen LogP contribution in [-0.4, -0.2) is 36.7 Å². The molecule has 0 saturated carbocycles. The SMILES string of the molecule is CCC(=O)OCCC[C@H](CC[C@H](C)OC(=O)CC)OC(=O)CC. The average molecular weight is 330 g/mol. The number of hydrogen-bond acceptors (Lipinski definition) is 6. The van der Waals surface area contributed by atoms with E-state index in [1.165, 1.54) is 0 Å². The highest BCUT2D eigenvalue weighted by Gasteiger charge is 2.16. The lowest BCUT2D eigenvalue weighted by atomic mass is 10.1. The maximum Gasteiger partial charge on any atom is 0.305 e. The van der Waals surface area contributed by atoms with Gasteiger partial charge < -0.3 is 14.2 Å². The lowest BCUT2D eigenvalue weighted by Crippen LogP contribution is -2.22. The van der Waals surface area contributed by atoms with Crippen LogP contribution in [0.2, 0.25) is 0 Å². The minimum Gasteiger partial charge on any atom is -0.466 e. The van der Waals surface area contributed by atoms with Gasteiger partial charge in [0, 0.05) is 19.3 Å². The van der Waals surface area contributed by atoms with Gasteiger partial charge in [0.25, 0.3) is 0 Å². The van der Waals surface area contributed by atoms with E-state index in [4.69, 9.17) is 14.2 Å². The Hall–Kier alpha value is -1.59. The van der Waals surface area contributed by atoms with Crippen LogP contribution in [0.1, 0.15) is 72.6 Å². The molecule has 0 fully saturated rings. The van der Waals surface area contributed by atoms with E-state index in [9.17, 15) is 14.4 Å². The van der Waals surface area contributed by atoms with Crippen LogP contribution in [0.4, 0.5) is 0 Å². The Labute approximate surface area is 138 Å². The molecule has 0 aromatic carbocycles. The molecule has 0 aliphatic rings. The van der Waals surface area contributed by atoms with Crippen molar-refractivity contribution in [1.29, 1.82) is 0 Å². The first-order chi connectivity index (χ1) is 10.9. The monoisotopic (exact) mass is 330 g/mol. The van der Waals surface area contributed by atoms with Gasteiger partial charge in [0.05, 0.1) is 12.7 Å². The Morgan fingerprint density at radius 1 is 0.783 bits per heavy atom. The summed E-state index contributed by atoms with van der Waals surface area (Å²) in [5.41, 5.74) is 0. The molecule has 6 heteroatoms. The predicted molar refractivity (Wildman–Crippen MR) is 85.7 cm³/mol. The summed E-state index contributed by atoms with van der Waals surface area (Å²) >= 11 is 0. The maximum absolute atomic E-state index is 11.5. The molecule has 0 heterocycles. The summed E-state index contributed by atoms with van der Waals surface area (Å²) in [6.07, 6.45) is 3.08. The van der Waals surface area contributed by atoms with E-state index in [-0.39, 0.29) is 30.1 Å². The Morgan fingerprint density at radius 3 is 1.91 bits per heavy atom. The standard InChI is InChI=1S/C17H30O6/c1-5-15(18)21-12-8-9-14(23-17(20)7-3)11-10-13(4)22-16(19)6-2/h13-14H,5-12H2,1-4H3/t13-,14+/m0/s1. The van der Waals surface area contributed by atoms with Crippen molar-refractivity contribution >= 4 is 17.9 Å². The van der Waals surface area contributed by atoms with Crippen LogP contribution >= 0.6 is 0 Å². The largest absolute Gasteiger partial charge is 0.466 e. The number of carbonyl (C=O) groups excluding carboxylic acids is 3. The molecule has 0 bridgehead atoms. The van der Waals surface area contributed by atoms with Crippen LogP contribution in [0.3, 0.4) is 0 Å². The Bertz CT molecular complexity index is 366. The minimum atomic E-state index is -0.251. The number of rotatable bonds is 12. The number of carbonyl (C=O) groups is 3. The van der Waals surface area contributed by atoms with Gasteiger partial charge in [-0.15, -0.1) is 0 Å². The fraction of sp³-hybridized carbons (Fsp3) is 0.824. The summed E-state index contributed by atoms with van der Waals surface area (Å²) in [5.74, 6) is -0.711. The summed E-state index contributed by atoms with van der Waals surface area (Å²) in [5, 5.41) is 0. The number of hydrogen-bond donors (Lipinski definition) is 0. The molecule has 0 rings (SSSR count). The van der Waals surface area contributed by atoms with E-state index >= 15 is 0 Å². The van der Waals surface area contributed by atoms with Gasteiger partial charge in [-0.3, -0.25) is 14.4 Å². The zero-order valence-electron chi connectivity index (χ0n) is 14.8. The van der Waals surface area contributed by atoms with Gasteiger partial charge >= 0.3 is 17.9 Å². The first-order valence-electron chi connectivity index (χ1n) is 8.47. The molecule has 6 nitrogen and oxygen atoms in total. The van der Waals surface area contributed by atoms with Crippen molar-refractivity contribution in [3.05, 3.63) is 0 Å². The highest BCUT2D eigenvalue weighted by atomic mass is 16.6. The molecule has 2 atom stereocenters. The van der Waals surface area contributed by atoms with Gasteiger partial charge in [0.15, 0.2) is 0 Å².